The van der Waals surface area contributed by atoms with Gasteiger partial charge in [0, 0.05) is 24.3 Å². The normalized spacial score (nSPS) is 22.5. The van der Waals surface area contributed by atoms with Gasteiger partial charge in [0.25, 0.3) is 0 Å². The summed E-state index contributed by atoms with van der Waals surface area (Å²) in [7, 11) is -4.00. The van der Waals surface area contributed by atoms with Crippen LogP contribution < -0.4 is 16.1 Å². The number of nitrogens with two attached hydrogens (primary N) is 1. The van der Waals surface area contributed by atoms with Gasteiger partial charge in [-0.25, -0.2) is 29.4 Å². The molecule has 264 valence electrons. The van der Waals surface area contributed by atoms with E-state index in [1.165, 1.54) is 12.7 Å². The van der Waals surface area contributed by atoms with Crippen molar-refractivity contribution < 1.29 is 37.8 Å². The van der Waals surface area contributed by atoms with Crippen LogP contribution in [0.5, 0.6) is 0 Å². The molecule has 1 fully saturated rings. The number of aliphatic hydroxyl groups is 1. The standard InChI is InChI=1S/C30H43ClN7O8PS/c1-19(2)45-28(41)33-12-11-29(3,4)27(40)48-14-13-43-47(42,37-15-20-9-7-6-8-10-20)44-16-21-23(39)30(5,31)26(46-21)38-18-36-22-24(32)34-17-35-25(22)38/h6-10,17-19,21,23,26,39H,11-16H2,1-5H3,(H,33,41)(H,37,42)(H2,32,34,35)/t21-,23-,26-,30-,47?/m1/s1. The van der Waals surface area contributed by atoms with E-state index in [0.717, 1.165) is 17.3 Å². The lowest BCUT2D eigenvalue weighted by atomic mass is 9.91. The molecule has 3 heterocycles. The molecule has 0 bridgehead atoms. The molecule has 5 atom stereocenters. The SMILES string of the molecule is CC(C)OC(=O)NCCC(C)(C)C(=O)SCCOP(=O)(NCc1ccccc1)OC[C@H]1O[C@@H](n2cnc3c(N)ncnc32)[C@](C)(Cl)[C@@H]1O. The van der Waals surface area contributed by atoms with Crippen molar-refractivity contribution in [1.82, 2.24) is 29.9 Å². The smallest absolute Gasteiger partial charge is 0.407 e. The molecule has 48 heavy (non-hydrogen) atoms. The minimum Gasteiger partial charge on any atom is -0.447 e. The molecule has 1 aliphatic rings. The molecule has 1 saturated heterocycles. The van der Waals surface area contributed by atoms with Crippen LogP contribution in [0.2, 0.25) is 0 Å². The van der Waals surface area contributed by atoms with Gasteiger partial charge < -0.3 is 25.6 Å². The first-order valence-corrected chi connectivity index (χ1v) is 18.3. The van der Waals surface area contributed by atoms with Crippen molar-refractivity contribution >= 4 is 59.3 Å². The Kier molecular flexibility index (Phi) is 12.9. The summed E-state index contributed by atoms with van der Waals surface area (Å²) in [4.78, 5) is 35.8. The number of nitrogens with one attached hydrogen (secondary N) is 2. The number of rotatable bonds is 16. The van der Waals surface area contributed by atoms with Crippen molar-refractivity contribution in [3.8, 4) is 0 Å². The summed E-state index contributed by atoms with van der Waals surface area (Å²) in [5.74, 6) is 0.370. The summed E-state index contributed by atoms with van der Waals surface area (Å²) < 4.78 is 38.2. The number of alkyl halides is 1. The Morgan fingerprint density at radius 2 is 1.96 bits per heavy atom. The molecule has 15 nitrogen and oxygen atoms in total. The van der Waals surface area contributed by atoms with Gasteiger partial charge in [0.05, 0.1) is 25.6 Å². The molecule has 1 amide bonds. The molecule has 1 aromatic carbocycles. The highest BCUT2D eigenvalue weighted by atomic mass is 35.5. The number of aliphatic hydroxyl groups excluding tert-OH is 1. The maximum atomic E-state index is 13.9. The van der Waals surface area contributed by atoms with Crippen LogP contribution in [0, 0.1) is 5.41 Å². The average molecular weight is 728 g/mol. The van der Waals surface area contributed by atoms with Crippen molar-refractivity contribution in [3.05, 3.63) is 48.5 Å². The number of imidazole rings is 1. The van der Waals surface area contributed by atoms with Gasteiger partial charge in [0.15, 0.2) is 22.8 Å². The number of amides is 1. The second-order valence-corrected chi connectivity index (χ2v) is 16.0. The van der Waals surface area contributed by atoms with E-state index >= 15 is 0 Å². The number of nitrogens with zero attached hydrogens (tertiary/aromatic N) is 4. The summed E-state index contributed by atoms with van der Waals surface area (Å²) in [6.07, 6.45) is -0.837. The van der Waals surface area contributed by atoms with Crippen LogP contribution in [0.15, 0.2) is 43.0 Å². The number of hydrogen-bond donors (Lipinski definition) is 4. The zero-order valence-corrected chi connectivity index (χ0v) is 30.0. The Morgan fingerprint density at radius 1 is 1.23 bits per heavy atom. The number of carbonyl (C=O) groups is 2. The quantitative estimate of drug-likeness (QED) is 0.0918. The molecule has 0 aliphatic carbocycles. The number of ether oxygens (including phenoxy) is 2. The number of fused-ring (bicyclic) bond motifs is 1. The molecular formula is C30H43ClN7O8PS. The third-order valence-electron chi connectivity index (χ3n) is 7.58. The minimum absolute atomic E-state index is 0.0867. The highest BCUT2D eigenvalue weighted by molar-refractivity contribution is 8.13. The van der Waals surface area contributed by atoms with E-state index < -0.39 is 42.6 Å². The monoisotopic (exact) mass is 727 g/mol. The van der Waals surface area contributed by atoms with Gasteiger partial charge in [-0.05, 0) is 32.8 Å². The Morgan fingerprint density at radius 3 is 2.67 bits per heavy atom. The van der Waals surface area contributed by atoms with E-state index in [0.29, 0.717) is 17.6 Å². The van der Waals surface area contributed by atoms with Crippen LogP contribution in [0.4, 0.5) is 10.6 Å². The Labute approximate surface area is 288 Å². The molecule has 0 radical (unpaired) electrons. The first kappa shape index (κ1) is 38.0. The van der Waals surface area contributed by atoms with Gasteiger partial charge >= 0.3 is 13.8 Å². The van der Waals surface area contributed by atoms with Crippen molar-refractivity contribution in [2.24, 2.45) is 5.41 Å². The van der Waals surface area contributed by atoms with Crippen LogP contribution >= 0.6 is 31.1 Å². The predicted molar refractivity (Wildman–Crippen MR) is 182 cm³/mol. The fourth-order valence-electron chi connectivity index (χ4n) is 4.80. The van der Waals surface area contributed by atoms with Crippen LogP contribution in [0.3, 0.4) is 0 Å². The summed E-state index contributed by atoms with van der Waals surface area (Å²) in [6.45, 7) is 8.68. The number of carbonyl (C=O) groups excluding carboxylic acids is 2. The van der Waals surface area contributed by atoms with Gasteiger partial charge in [0.2, 0.25) is 0 Å². The van der Waals surface area contributed by atoms with E-state index in [1.54, 1.807) is 39.2 Å². The topological polar surface area (TPSA) is 202 Å². The fourth-order valence-corrected chi connectivity index (χ4v) is 7.37. The Hall–Kier alpha value is -2.82. The molecule has 0 spiro atoms. The van der Waals surface area contributed by atoms with Crippen molar-refractivity contribution in [1.29, 1.82) is 0 Å². The lowest BCUT2D eigenvalue weighted by Crippen LogP contribution is -2.40. The summed E-state index contributed by atoms with van der Waals surface area (Å²) in [5, 5.41) is 16.5. The summed E-state index contributed by atoms with van der Waals surface area (Å²) >= 11 is 7.84. The van der Waals surface area contributed by atoms with E-state index in [2.05, 4.69) is 25.4 Å². The van der Waals surface area contributed by atoms with Crippen molar-refractivity contribution in [2.75, 3.05) is 31.2 Å². The first-order chi connectivity index (χ1) is 22.6. The van der Waals surface area contributed by atoms with Gasteiger partial charge in [-0.15, -0.1) is 11.6 Å². The second-order valence-electron chi connectivity index (χ2n) is 12.3. The highest BCUT2D eigenvalue weighted by Crippen LogP contribution is 2.48. The molecule has 5 N–H and O–H groups in total. The molecule has 4 rings (SSSR count). The summed E-state index contributed by atoms with van der Waals surface area (Å²) in [5.41, 5.74) is 6.73. The number of aromatic nitrogens is 4. The Balaban J connectivity index is 1.36. The maximum Gasteiger partial charge on any atom is 0.407 e. The lowest BCUT2D eigenvalue weighted by molar-refractivity contribution is -0.118. The largest absolute Gasteiger partial charge is 0.447 e. The molecule has 2 aromatic heterocycles. The summed E-state index contributed by atoms with van der Waals surface area (Å²) in [6, 6.07) is 9.26. The third kappa shape index (κ3) is 9.66. The number of hydrogen-bond acceptors (Lipinski definition) is 13. The average Bonchev–Trinajstić information content (AvgIpc) is 3.55. The lowest BCUT2D eigenvalue weighted by Gasteiger charge is -2.26. The maximum absolute atomic E-state index is 13.9. The van der Waals surface area contributed by atoms with E-state index in [-0.39, 0.29) is 49.1 Å². The number of nitrogen functional groups attached to an aromatic ring is 1. The number of benzene rings is 1. The Bertz CT molecular complexity index is 1600. The van der Waals surface area contributed by atoms with Gasteiger partial charge in [-0.2, -0.15) is 0 Å². The predicted octanol–water partition coefficient (Wildman–Crippen LogP) is 4.41. The number of halogens is 1. The van der Waals surface area contributed by atoms with Crippen molar-refractivity contribution in [3.63, 3.8) is 0 Å². The third-order valence-corrected chi connectivity index (χ3v) is 10.7. The molecule has 1 unspecified atom stereocenters. The second kappa shape index (κ2) is 16.3. The first-order valence-electron chi connectivity index (χ1n) is 15.4. The minimum atomic E-state index is -4.00. The molecular weight excluding hydrogens is 685 g/mol. The van der Waals surface area contributed by atoms with E-state index in [9.17, 15) is 19.3 Å². The highest BCUT2D eigenvalue weighted by Gasteiger charge is 2.54. The number of alkyl carbamates (subject to hydrolysis) is 1. The van der Waals surface area contributed by atoms with Crippen molar-refractivity contribution in [2.45, 2.75) is 77.0 Å². The van der Waals surface area contributed by atoms with Gasteiger partial charge in [0.1, 0.15) is 28.9 Å². The molecule has 1 aliphatic heterocycles. The van der Waals surface area contributed by atoms with E-state index in [4.69, 9.17) is 35.9 Å². The fraction of sp³-hybridized carbons (Fsp3) is 0.567. The molecule has 0 saturated carbocycles. The molecule has 18 heteroatoms. The van der Waals surface area contributed by atoms with Gasteiger partial charge in [-0.3, -0.25) is 18.4 Å². The van der Waals surface area contributed by atoms with Crippen LogP contribution in [0.1, 0.15) is 52.8 Å². The number of thioether (sulfide) groups is 1. The molecule has 3 aromatic rings. The van der Waals surface area contributed by atoms with Crippen LogP contribution in [-0.2, 0) is 34.4 Å². The van der Waals surface area contributed by atoms with Gasteiger partial charge in [-0.1, -0.05) is 55.9 Å². The zero-order chi connectivity index (χ0) is 35.1. The van der Waals surface area contributed by atoms with Crippen LogP contribution in [0.25, 0.3) is 11.2 Å². The zero-order valence-electron chi connectivity index (χ0n) is 27.5. The van der Waals surface area contributed by atoms with E-state index in [1.807, 2.05) is 30.3 Å². The van der Waals surface area contributed by atoms with Crippen LogP contribution in [-0.4, -0.2) is 84.5 Å². The number of anilines is 1.